The van der Waals surface area contributed by atoms with Gasteiger partial charge in [0.25, 0.3) is 0 Å². The monoisotopic (exact) mass is 307 g/mol. The maximum absolute atomic E-state index is 4.31. The highest BCUT2D eigenvalue weighted by Gasteiger charge is 2.50. The molecule has 1 aromatic heterocycles. The third kappa shape index (κ3) is 2.90. The normalized spacial score (nSPS) is 29.6. The Kier molecular flexibility index (Phi) is 4.13. The molecule has 3 heteroatoms. The van der Waals surface area contributed by atoms with Gasteiger partial charge in [-0.2, -0.15) is 0 Å². The van der Waals surface area contributed by atoms with Crippen LogP contribution in [0.4, 0.5) is 0 Å². The number of benzene rings is 1. The number of hydrogen-bond donors (Lipinski definition) is 1. The van der Waals surface area contributed by atoms with Crippen LogP contribution in [0.25, 0.3) is 0 Å². The maximum Gasteiger partial charge on any atom is 0.125 e. The number of hydrogen-bond acceptors (Lipinski definition) is 3. The summed E-state index contributed by atoms with van der Waals surface area (Å²) in [5.41, 5.74) is 2.69. The van der Waals surface area contributed by atoms with Crippen LogP contribution in [0.2, 0.25) is 0 Å². The van der Waals surface area contributed by atoms with Crippen molar-refractivity contribution in [3.63, 3.8) is 0 Å². The van der Waals surface area contributed by atoms with Crippen LogP contribution in [0.15, 0.2) is 42.7 Å². The fraction of sp³-hybridized carbons (Fsp3) is 0.500. The van der Waals surface area contributed by atoms with Crippen molar-refractivity contribution < 1.29 is 0 Å². The summed E-state index contributed by atoms with van der Waals surface area (Å²) in [6, 6.07) is 11.7. The first kappa shape index (κ1) is 14.8. The Morgan fingerprint density at radius 2 is 1.70 bits per heavy atom. The van der Waals surface area contributed by atoms with Crippen molar-refractivity contribution in [2.75, 3.05) is 0 Å². The summed E-state index contributed by atoms with van der Waals surface area (Å²) in [4.78, 5) is 8.62. The largest absolute Gasteiger partial charge is 0.309 e. The zero-order valence-electron chi connectivity index (χ0n) is 13.8. The molecule has 0 amide bonds. The zero-order chi connectivity index (χ0) is 15.6. The van der Waals surface area contributed by atoms with Gasteiger partial charge in [-0.3, -0.25) is 0 Å². The lowest BCUT2D eigenvalue weighted by molar-refractivity contribution is 0.0254. The second-order valence-corrected chi connectivity index (χ2v) is 7.09. The first-order valence-corrected chi connectivity index (χ1v) is 8.89. The third-order valence-corrected chi connectivity index (χ3v) is 5.75. The van der Waals surface area contributed by atoms with Crippen molar-refractivity contribution >= 4 is 0 Å². The van der Waals surface area contributed by atoms with E-state index in [0.717, 1.165) is 24.2 Å². The van der Waals surface area contributed by atoms with Crippen LogP contribution < -0.4 is 5.32 Å². The molecule has 1 heterocycles. The molecule has 1 N–H and O–H groups in total. The molecular weight excluding hydrogens is 282 g/mol. The minimum absolute atomic E-state index is 0.601. The molecule has 4 rings (SSSR count). The lowest BCUT2D eigenvalue weighted by atomic mass is 9.53. The highest BCUT2D eigenvalue weighted by Crippen LogP contribution is 2.54. The Hall–Kier alpha value is -1.74. The fourth-order valence-corrected chi connectivity index (χ4v) is 4.62. The molecule has 2 aliphatic rings. The number of nitrogens with one attached hydrogen (secondary N) is 1. The quantitative estimate of drug-likeness (QED) is 0.932. The Labute approximate surface area is 138 Å². The van der Waals surface area contributed by atoms with E-state index in [1.165, 1.54) is 36.8 Å². The van der Waals surface area contributed by atoms with E-state index in [0.29, 0.717) is 12.0 Å². The van der Waals surface area contributed by atoms with E-state index in [1.807, 2.05) is 19.3 Å². The lowest BCUT2D eigenvalue weighted by Gasteiger charge is -2.55. The number of rotatable bonds is 4. The van der Waals surface area contributed by atoms with Crippen molar-refractivity contribution in [2.45, 2.75) is 51.1 Å². The SMILES string of the molecule is Cc1ncc(CN[C@H]2[C@H]3CCCC[C@H]3[C@@H]2c2ccccc2)cn1. The molecule has 2 aliphatic carbocycles. The Morgan fingerprint density at radius 1 is 1.00 bits per heavy atom. The van der Waals surface area contributed by atoms with Gasteiger partial charge >= 0.3 is 0 Å². The molecule has 0 radical (unpaired) electrons. The maximum atomic E-state index is 4.31. The second-order valence-electron chi connectivity index (χ2n) is 7.09. The highest BCUT2D eigenvalue weighted by atomic mass is 15.0. The van der Waals surface area contributed by atoms with Gasteiger partial charge in [0.15, 0.2) is 0 Å². The van der Waals surface area contributed by atoms with E-state index < -0.39 is 0 Å². The summed E-state index contributed by atoms with van der Waals surface area (Å²) in [6.45, 7) is 2.80. The smallest absolute Gasteiger partial charge is 0.125 e. The summed E-state index contributed by atoms with van der Waals surface area (Å²) in [5.74, 6) is 3.23. The summed E-state index contributed by atoms with van der Waals surface area (Å²) >= 11 is 0. The van der Waals surface area contributed by atoms with E-state index in [9.17, 15) is 0 Å². The van der Waals surface area contributed by atoms with Crippen LogP contribution in [0, 0.1) is 18.8 Å². The van der Waals surface area contributed by atoms with Gasteiger partial charge in [0.2, 0.25) is 0 Å². The first-order chi connectivity index (χ1) is 11.3. The molecule has 23 heavy (non-hydrogen) atoms. The summed E-state index contributed by atoms with van der Waals surface area (Å²) in [5, 5.41) is 3.82. The predicted octanol–water partition coefficient (Wildman–Crippen LogP) is 3.85. The van der Waals surface area contributed by atoms with E-state index in [4.69, 9.17) is 0 Å². The predicted molar refractivity (Wildman–Crippen MR) is 92.0 cm³/mol. The van der Waals surface area contributed by atoms with Crippen LogP contribution in [-0.4, -0.2) is 16.0 Å². The molecule has 120 valence electrons. The van der Waals surface area contributed by atoms with Crippen molar-refractivity contribution in [3.05, 3.63) is 59.7 Å². The number of aryl methyl sites for hydroxylation is 1. The zero-order valence-corrected chi connectivity index (χ0v) is 13.8. The molecule has 0 spiro atoms. The molecule has 1 aromatic carbocycles. The summed E-state index contributed by atoms with van der Waals surface area (Å²) in [6.07, 6.45) is 9.48. The minimum atomic E-state index is 0.601. The van der Waals surface area contributed by atoms with Gasteiger partial charge in [-0.15, -0.1) is 0 Å². The van der Waals surface area contributed by atoms with Crippen molar-refractivity contribution in [3.8, 4) is 0 Å². The molecule has 0 unspecified atom stereocenters. The van der Waals surface area contributed by atoms with Gasteiger partial charge in [0.1, 0.15) is 5.82 Å². The molecule has 2 saturated carbocycles. The first-order valence-electron chi connectivity index (χ1n) is 8.89. The van der Waals surface area contributed by atoms with Crippen LogP contribution in [0.5, 0.6) is 0 Å². The molecule has 0 aliphatic heterocycles. The van der Waals surface area contributed by atoms with E-state index in [-0.39, 0.29) is 0 Å². The van der Waals surface area contributed by atoms with Crippen molar-refractivity contribution in [2.24, 2.45) is 11.8 Å². The van der Waals surface area contributed by atoms with Gasteiger partial charge < -0.3 is 5.32 Å². The Balaban J connectivity index is 1.49. The van der Waals surface area contributed by atoms with E-state index >= 15 is 0 Å². The third-order valence-electron chi connectivity index (χ3n) is 5.75. The van der Waals surface area contributed by atoms with Gasteiger partial charge in [-0.1, -0.05) is 43.2 Å². The van der Waals surface area contributed by atoms with Crippen LogP contribution in [-0.2, 0) is 6.54 Å². The number of fused-ring (bicyclic) bond motifs is 1. The second kappa shape index (κ2) is 6.40. The fourth-order valence-electron chi connectivity index (χ4n) is 4.62. The number of aromatic nitrogens is 2. The molecule has 2 fully saturated rings. The molecule has 3 nitrogen and oxygen atoms in total. The molecule has 4 atom stereocenters. The number of nitrogens with zero attached hydrogens (tertiary/aromatic N) is 2. The molecule has 0 bridgehead atoms. The van der Waals surface area contributed by atoms with Gasteiger partial charge in [0, 0.05) is 36.5 Å². The van der Waals surface area contributed by atoms with Crippen molar-refractivity contribution in [1.82, 2.24) is 15.3 Å². The van der Waals surface area contributed by atoms with E-state index in [1.54, 1.807) is 0 Å². The summed E-state index contributed by atoms with van der Waals surface area (Å²) in [7, 11) is 0. The topological polar surface area (TPSA) is 37.8 Å². The van der Waals surface area contributed by atoms with Crippen LogP contribution in [0.3, 0.4) is 0 Å². The van der Waals surface area contributed by atoms with Gasteiger partial charge in [0.05, 0.1) is 0 Å². The van der Waals surface area contributed by atoms with Gasteiger partial charge in [-0.25, -0.2) is 9.97 Å². The molecule has 0 saturated heterocycles. The average Bonchev–Trinajstić information content (AvgIpc) is 2.58. The lowest BCUT2D eigenvalue weighted by Crippen LogP contribution is -2.57. The Morgan fingerprint density at radius 3 is 2.43 bits per heavy atom. The molecule has 2 aromatic rings. The highest BCUT2D eigenvalue weighted by molar-refractivity contribution is 5.28. The van der Waals surface area contributed by atoms with Gasteiger partial charge in [-0.05, 0) is 37.2 Å². The van der Waals surface area contributed by atoms with Crippen LogP contribution in [0.1, 0.15) is 48.6 Å². The summed E-state index contributed by atoms with van der Waals surface area (Å²) < 4.78 is 0. The standard InChI is InChI=1S/C20H25N3/c1-14-21-11-15(12-22-14)13-23-20-18-10-6-5-9-17(18)19(20)16-7-3-2-4-8-16/h2-4,7-8,11-12,17-20,23H,5-6,9-10,13H2,1H3/t17-,18+,19+,20+/m1/s1. The van der Waals surface area contributed by atoms with E-state index in [2.05, 4.69) is 45.6 Å². The van der Waals surface area contributed by atoms with Crippen molar-refractivity contribution in [1.29, 1.82) is 0 Å². The average molecular weight is 307 g/mol. The Bertz CT molecular complexity index is 638. The molecular formula is C20H25N3. The minimum Gasteiger partial charge on any atom is -0.309 e. The van der Waals surface area contributed by atoms with Crippen LogP contribution >= 0.6 is 0 Å².